The minimum absolute atomic E-state index is 0.0403. The number of aromatic nitrogens is 3. The SMILES string of the molecule is NC(=O)N(CC[CH]c1nc2ccccc2[nH]1)C1CCCc2cccnc21. The number of hydrogen-bond donors (Lipinski definition) is 2. The average Bonchev–Trinajstić information content (AvgIpc) is 3.07. The van der Waals surface area contributed by atoms with E-state index < -0.39 is 6.03 Å². The molecule has 1 aromatic carbocycles. The number of amides is 2. The largest absolute Gasteiger partial charge is 0.351 e. The van der Waals surface area contributed by atoms with E-state index in [4.69, 9.17) is 5.73 Å². The maximum atomic E-state index is 12.1. The first kappa shape index (κ1) is 16.6. The van der Waals surface area contributed by atoms with Gasteiger partial charge in [-0.2, -0.15) is 0 Å². The summed E-state index contributed by atoms with van der Waals surface area (Å²) in [6, 6.07) is 11.5. The lowest BCUT2D eigenvalue weighted by molar-refractivity contribution is 0.174. The van der Waals surface area contributed by atoms with Crippen LogP contribution in [0.25, 0.3) is 11.0 Å². The number of carbonyl (C=O) groups is 1. The molecule has 2 heterocycles. The van der Waals surface area contributed by atoms with Crippen molar-refractivity contribution in [1.29, 1.82) is 0 Å². The Morgan fingerprint density at radius 1 is 1.31 bits per heavy atom. The Bertz CT molecular complexity index is 886. The van der Waals surface area contributed by atoms with E-state index in [1.54, 1.807) is 11.1 Å². The monoisotopic (exact) mass is 348 g/mol. The van der Waals surface area contributed by atoms with Crippen molar-refractivity contribution in [3.63, 3.8) is 0 Å². The van der Waals surface area contributed by atoms with Gasteiger partial charge in [0.1, 0.15) is 5.82 Å². The minimum Gasteiger partial charge on any atom is -0.351 e. The summed E-state index contributed by atoms with van der Waals surface area (Å²) in [5.74, 6) is 0.817. The van der Waals surface area contributed by atoms with Crippen molar-refractivity contribution in [1.82, 2.24) is 19.9 Å². The van der Waals surface area contributed by atoms with Crippen LogP contribution in [0.2, 0.25) is 0 Å². The van der Waals surface area contributed by atoms with Crippen LogP contribution in [0.15, 0.2) is 42.6 Å². The average molecular weight is 348 g/mol. The molecule has 4 rings (SSSR count). The number of rotatable bonds is 5. The van der Waals surface area contributed by atoms with Crippen LogP contribution in [0.1, 0.15) is 42.4 Å². The molecule has 2 aromatic heterocycles. The molecule has 2 amide bonds. The van der Waals surface area contributed by atoms with Crippen LogP contribution >= 0.6 is 0 Å². The third kappa shape index (κ3) is 3.27. The predicted molar refractivity (Wildman–Crippen MR) is 100 cm³/mol. The molecular weight excluding hydrogens is 326 g/mol. The molecule has 3 aromatic rings. The van der Waals surface area contributed by atoms with Crippen LogP contribution in [0, 0.1) is 6.42 Å². The smallest absolute Gasteiger partial charge is 0.315 e. The van der Waals surface area contributed by atoms with E-state index in [-0.39, 0.29) is 6.04 Å². The van der Waals surface area contributed by atoms with Gasteiger partial charge in [-0.25, -0.2) is 9.78 Å². The van der Waals surface area contributed by atoms with Crippen molar-refractivity contribution in [2.24, 2.45) is 5.73 Å². The van der Waals surface area contributed by atoms with Crippen molar-refractivity contribution in [2.45, 2.75) is 31.7 Å². The van der Waals surface area contributed by atoms with Gasteiger partial charge in [-0.1, -0.05) is 18.2 Å². The lowest BCUT2D eigenvalue weighted by atomic mass is 9.91. The van der Waals surface area contributed by atoms with Gasteiger partial charge in [0.2, 0.25) is 0 Å². The van der Waals surface area contributed by atoms with Crippen LogP contribution in [-0.2, 0) is 6.42 Å². The van der Waals surface area contributed by atoms with Crippen LogP contribution in [0.3, 0.4) is 0 Å². The first-order valence-corrected chi connectivity index (χ1v) is 9.00. The summed E-state index contributed by atoms with van der Waals surface area (Å²) in [6.07, 6.45) is 7.44. The zero-order chi connectivity index (χ0) is 17.9. The lowest BCUT2D eigenvalue weighted by Gasteiger charge is -2.33. The van der Waals surface area contributed by atoms with Crippen molar-refractivity contribution in [3.05, 3.63) is 66.1 Å². The highest BCUT2D eigenvalue weighted by atomic mass is 16.2. The van der Waals surface area contributed by atoms with Gasteiger partial charge in [0.15, 0.2) is 0 Å². The number of primary amides is 1. The summed E-state index contributed by atoms with van der Waals surface area (Å²) in [5, 5.41) is 0. The molecule has 0 saturated heterocycles. The molecule has 0 spiro atoms. The van der Waals surface area contributed by atoms with Gasteiger partial charge in [-0.3, -0.25) is 4.98 Å². The van der Waals surface area contributed by atoms with Crippen LogP contribution in [0.5, 0.6) is 0 Å². The Hall–Kier alpha value is -2.89. The normalized spacial score (nSPS) is 16.4. The number of urea groups is 1. The number of H-pyrrole nitrogens is 1. The van der Waals surface area contributed by atoms with Crippen molar-refractivity contribution in [2.75, 3.05) is 6.54 Å². The van der Waals surface area contributed by atoms with E-state index in [1.165, 1.54) is 5.56 Å². The summed E-state index contributed by atoms with van der Waals surface area (Å²) < 4.78 is 0. The highest BCUT2D eigenvalue weighted by Crippen LogP contribution is 2.32. The summed E-state index contributed by atoms with van der Waals surface area (Å²) in [7, 11) is 0. The van der Waals surface area contributed by atoms with Crippen LogP contribution in [0.4, 0.5) is 4.79 Å². The number of pyridine rings is 1. The number of fused-ring (bicyclic) bond motifs is 2. The maximum Gasteiger partial charge on any atom is 0.315 e. The first-order chi connectivity index (χ1) is 12.7. The van der Waals surface area contributed by atoms with E-state index in [0.717, 1.165) is 41.8 Å². The van der Waals surface area contributed by atoms with E-state index in [9.17, 15) is 4.79 Å². The highest BCUT2D eigenvalue weighted by molar-refractivity contribution is 5.75. The predicted octanol–water partition coefficient (Wildman–Crippen LogP) is 3.36. The number of nitrogens with one attached hydrogen (secondary N) is 1. The lowest BCUT2D eigenvalue weighted by Crippen LogP contribution is -2.41. The summed E-state index contributed by atoms with van der Waals surface area (Å²) >= 11 is 0. The van der Waals surface area contributed by atoms with Crippen LogP contribution in [-0.4, -0.2) is 32.4 Å². The molecule has 3 N–H and O–H groups in total. The second-order valence-electron chi connectivity index (χ2n) is 6.62. The molecule has 0 aliphatic heterocycles. The summed E-state index contributed by atoms with van der Waals surface area (Å²) in [6.45, 7) is 0.549. The summed E-state index contributed by atoms with van der Waals surface area (Å²) in [4.78, 5) is 26.2. The number of nitrogens with zero attached hydrogens (tertiary/aromatic N) is 3. The molecule has 0 fully saturated rings. The molecule has 6 heteroatoms. The van der Waals surface area contributed by atoms with E-state index >= 15 is 0 Å². The van der Waals surface area contributed by atoms with E-state index in [2.05, 4.69) is 21.0 Å². The number of hydrogen-bond acceptors (Lipinski definition) is 3. The van der Waals surface area contributed by atoms with E-state index in [0.29, 0.717) is 13.0 Å². The molecule has 26 heavy (non-hydrogen) atoms. The van der Waals surface area contributed by atoms with Gasteiger partial charge < -0.3 is 15.6 Å². The number of nitrogens with two attached hydrogens (primary N) is 1. The minimum atomic E-state index is -0.397. The molecule has 0 bridgehead atoms. The number of aryl methyl sites for hydroxylation is 1. The number of aromatic amines is 1. The molecular formula is C20H22N5O. The zero-order valence-corrected chi connectivity index (χ0v) is 14.6. The third-order valence-corrected chi connectivity index (χ3v) is 4.94. The molecule has 1 unspecified atom stereocenters. The number of benzene rings is 1. The van der Waals surface area contributed by atoms with Gasteiger partial charge in [-0.05, 0) is 49.4 Å². The molecule has 1 radical (unpaired) electrons. The number of para-hydroxylation sites is 2. The second-order valence-corrected chi connectivity index (χ2v) is 6.62. The highest BCUT2D eigenvalue weighted by Gasteiger charge is 2.29. The van der Waals surface area contributed by atoms with Crippen molar-refractivity contribution < 1.29 is 4.79 Å². The van der Waals surface area contributed by atoms with Gasteiger partial charge in [0.25, 0.3) is 0 Å². The fraction of sp³-hybridized carbons (Fsp3) is 0.300. The zero-order valence-electron chi connectivity index (χ0n) is 14.6. The third-order valence-electron chi connectivity index (χ3n) is 4.94. The van der Waals surface area contributed by atoms with Crippen LogP contribution < -0.4 is 5.73 Å². The molecule has 1 aliphatic rings. The van der Waals surface area contributed by atoms with Gasteiger partial charge in [0.05, 0.1) is 22.8 Å². The Morgan fingerprint density at radius 2 is 2.19 bits per heavy atom. The Morgan fingerprint density at radius 3 is 3.04 bits per heavy atom. The van der Waals surface area contributed by atoms with Crippen molar-refractivity contribution in [3.8, 4) is 0 Å². The fourth-order valence-electron chi connectivity index (χ4n) is 3.72. The quantitative estimate of drug-likeness (QED) is 0.741. The fourth-order valence-corrected chi connectivity index (χ4v) is 3.72. The second kappa shape index (κ2) is 7.15. The maximum absolute atomic E-state index is 12.1. The molecule has 1 atom stereocenters. The van der Waals surface area contributed by atoms with Gasteiger partial charge >= 0.3 is 6.03 Å². The standard InChI is InChI=1S/C20H22N5O/c21-20(26)25(17-10-3-6-14-7-4-12-22-19(14)17)13-5-11-18-23-15-8-1-2-9-16(15)24-18/h1-2,4,7-9,11-12,17H,3,5-6,10,13H2,(H2,21,26)(H,23,24). The Labute approximate surface area is 152 Å². The van der Waals surface area contributed by atoms with Gasteiger partial charge in [-0.15, -0.1) is 0 Å². The first-order valence-electron chi connectivity index (χ1n) is 9.00. The van der Waals surface area contributed by atoms with Crippen molar-refractivity contribution >= 4 is 17.1 Å². The topological polar surface area (TPSA) is 87.9 Å². The molecule has 1 aliphatic carbocycles. The molecule has 6 nitrogen and oxygen atoms in total. The summed E-state index contributed by atoms with van der Waals surface area (Å²) in [5.41, 5.74) is 9.84. The Kier molecular flexibility index (Phi) is 4.56. The Balaban J connectivity index is 1.45. The van der Waals surface area contributed by atoms with Gasteiger partial charge in [0, 0.05) is 19.2 Å². The number of carbonyl (C=O) groups excluding carboxylic acids is 1. The van der Waals surface area contributed by atoms with E-state index in [1.807, 2.05) is 36.8 Å². The number of imidazole rings is 1. The molecule has 0 saturated carbocycles. The molecule has 133 valence electrons.